The fourth-order valence-corrected chi connectivity index (χ4v) is 8.91. The molecular formula is C51H30N4. The second-order valence-electron chi connectivity index (χ2n) is 14.4. The first-order valence-electron chi connectivity index (χ1n) is 18.7. The molecule has 254 valence electrons. The maximum Gasteiger partial charge on any atom is 0.164 e. The highest BCUT2D eigenvalue weighted by atomic mass is 15.0. The molecule has 3 aromatic heterocycles. The SMILES string of the molecule is c1ccc(-c2nc(-c3ccccc3)nc(-c3ccc4c(c3)-c3ccccc3-c3ccccc3-c3cc5c6cccc7c8ccccc8n(c5cc3-4)c76)n2)cc1. The summed E-state index contributed by atoms with van der Waals surface area (Å²) < 4.78 is 2.48. The molecule has 4 heteroatoms. The molecule has 0 aliphatic heterocycles. The molecule has 1 aliphatic carbocycles. The van der Waals surface area contributed by atoms with E-state index in [-0.39, 0.29) is 0 Å². The van der Waals surface area contributed by atoms with Crippen LogP contribution < -0.4 is 0 Å². The van der Waals surface area contributed by atoms with Gasteiger partial charge in [0.15, 0.2) is 17.5 Å². The molecule has 55 heavy (non-hydrogen) atoms. The van der Waals surface area contributed by atoms with Crippen LogP contribution in [0.1, 0.15) is 0 Å². The molecule has 8 aromatic carbocycles. The van der Waals surface area contributed by atoms with Crippen LogP contribution in [0.2, 0.25) is 0 Å². The third kappa shape index (κ3) is 4.43. The molecule has 4 nitrogen and oxygen atoms in total. The average molecular weight is 699 g/mol. The minimum Gasteiger partial charge on any atom is -0.308 e. The lowest BCUT2D eigenvalue weighted by Crippen LogP contribution is -2.01. The first-order valence-corrected chi connectivity index (χ1v) is 18.7. The van der Waals surface area contributed by atoms with Gasteiger partial charge in [-0.3, -0.25) is 0 Å². The van der Waals surface area contributed by atoms with E-state index in [1.54, 1.807) is 0 Å². The topological polar surface area (TPSA) is 43.1 Å². The zero-order chi connectivity index (χ0) is 36.0. The lowest BCUT2D eigenvalue weighted by Gasteiger charge is -2.24. The number of para-hydroxylation sites is 2. The number of fused-ring (bicyclic) bond motifs is 14. The van der Waals surface area contributed by atoms with Gasteiger partial charge in [-0.25, -0.2) is 15.0 Å². The van der Waals surface area contributed by atoms with Crippen LogP contribution in [0.3, 0.4) is 0 Å². The van der Waals surface area contributed by atoms with Crippen LogP contribution >= 0.6 is 0 Å². The number of rotatable bonds is 3. The van der Waals surface area contributed by atoms with E-state index >= 15 is 0 Å². The van der Waals surface area contributed by atoms with Crippen LogP contribution in [0.15, 0.2) is 182 Å². The summed E-state index contributed by atoms with van der Waals surface area (Å²) >= 11 is 0. The van der Waals surface area contributed by atoms with Crippen molar-refractivity contribution >= 4 is 38.1 Å². The maximum absolute atomic E-state index is 5.12. The number of hydrogen-bond acceptors (Lipinski definition) is 3. The van der Waals surface area contributed by atoms with Crippen molar-refractivity contribution in [2.24, 2.45) is 0 Å². The van der Waals surface area contributed by atoms with E-state index in [0.29, 0.717) is 17.5 Å². The van der Waals surface area contributed by atoms with Gasteiger partial charge in [-0.15, -0.1) is 0 Å². The van der Waals surface area contributed by atoms with Crippen molar-refractivity contribution in [3.8, 4) is 78.7 Å². The van der Waals surface area contributed by atoms with E-state index < -0.39 is 0 Å². The van der Waals surface area contributed by atoms with E-state index in [1.807, 2.05) is 36.4 Å². The Morgan fingerprint density at radius 2 is 0.727 bits per heavy atom. The lowest BCUT2D eigenvalue weighted by molar-refractivity contribution is 1.07. The zero-order valence-corrected chi connectivity index (χ0v) is 29.6. The highest BCUT2D eigenvalue weighted by molar-refractivity contribution is 6.24. The lowest BCUT2D eigenvalue weighted by atomic mass is 9.80. The molecule has 0 amide bonds. The van der Waals surface area contributed by atoms with Gasteiger partial charge in [0.25, 0.3) is 0 Å². The Hall–Kier alpha value is -7.43. The van der Waals surface area contributed by atoms with E-state index in [2.05, 4.69) is 150 Å². The second kappa shape index (κ2) is 11.5. The van der Waals surface area contributed by atoms with Gasteiger partial charge in [0, 0.05) is 38.2 Å². The summed E-state index contributed by atoms with van der Waals surface area (Å²) in [6.07, 6.45) is 0. The minimum absolute atomic E-state index is 0.640. The van der Waals surface area contributed by atoms with Gasteiger partial charge in [-0.1, -0.05) is 158 Å². The highest BCUT2D eigenvalue weighted by Crippen LogP contribution is 2.51. The van der Waals surface area contributed by atoms with Crippen LogP contribution in [-0.2, 0) is 0 Å². The van der Waals surface area contributed by atoms with Gasteiger partial charge in [0.1, 0.15) is 0 Å². The summed E-state index contributed by atoms with van der Waals surface area (Å²) in [6, 6.07) is 65.1. The molecule has 0 fully saturated rings. The van der Waals surface area contributed by atoms with E-state index in [0.717, 1.165) is 22.3 Å². The van der Waals surface area contributed by atoms with Crippen molar-refractivity contribution in [2.45, 2.75) is 0 Å². The molecule has 0 saturated carbocycles. The van der Waals surface area contributed by atoms with Crippen molar-refractivity contribution < 1.29 is 0 Å². The number of aromatic nitrogens is 4. The Morgan fingerprint density at radius 1 is 0.273 bits per heavy atom. The Morgan fingerprint density at radius 3 is 1.36 bits per heavy atom. The molecule has 11 aromatic rings. The third-order valence-electron chi connectivity index (χ3n) is 11.4. The smallest absolute Gasteiger partial charge is 0.164 e. The summed E-state index contributed by atoms with van der Waals surface area (Å²) in [7, 11) is 0. The molecule has 0 radical (unpaired) electrons. The number of hydrogen-bond donors (Lipinski definition) is 0. The zero-order valence-electron chi connectivity index (χ0n) is 29.6. The van der Waals surface area contributed by atoms with E-state index in [4.69, 9.17) is 15.0 Å². The molecule has 0 bridgehead atoms. The van der Waals surface area contributed by atoms with Gasteiger partial charge >= 0.3 is 0 Å². The van der Waals surface area contributed by atoms with Crippen molar-refractivity contribution in [3.05, 3.63) is 182 Å². The molecule has 0 atom stereocenters. The third-order valence-corrected chi connectivity index (χ3v) is 11.4. The van der Waals surface area contributed by atoms with E-state index in [1.165, 1.54) is 77.0 Å². The Balaban J connectivity index is 1.17. The van der Waals surface area contributed by atoms with E-state index in [9.17, 15) is 0 Å². The van der Waals surface area contributed by atoms with Crippen LogP contribution in [-0.4, -0.2) is 19.4 Å². The fourth-order valence-electron chi connectivity index (χ4n) is 8.91. The van der Waals surface area contributed by atoms with Crippen LogP contribution in [0.25, 0.3) is 117 Å². The minimum atomic E-state index is 0.640. The van der Waals surface area contributed by atoms with Gasteiger partial charge < -0.3 is 4.40 Å². The molecule has 0 spiro atoms. The highest BCUT2D eigenvalue weighted by Gasteiger charge is 2.26. The van der Waals surface area contributed by atoms with Gasteiger partial charge in [0.2, 0.25) is 0 Å². The number of benzene rings is 8. The van der Waals surface area contributed by atoms with Crippen LogP contribution in [0.5, 0.6) is 0 Å². The molecule has 0 unspecified atom stereocenters. The van der Waals surface area contributed by atoms with Crippen LogP contribution in [0.4, 0.5) is 0 Å². The van der Waals surface area contributed by atoms with Gasteiger partial charge in [-0.05, 0) is 68.8 Å². The predicted molar refractivity (Wildman–Crippen MR) is 226 cm³/mol. The molecule has 0 saturated heterocycles. The summed E-state index contributed by atoms with van der Waals surface area (Å²) in [5.74, 6) is 1.94. The molecule has 12 rings (SSSR count). The largest absolute Gasteiger partial charge is 0.308 e. The Labute approximate surface area is 317 Å². The molecule has 1 aliphatic rings. The summed E-state index contributed by atoms with van der Waals surface area (Å²) in [5.41, 5.74) is 16.1. The standard InChI is InChI=1S/C51H30N4/c1-3-14-31(15-4-1)49-52-50(32-16-5-2-6-17-32)54-51(53-49)33-26-27-38-42(28-33)36-20-9-7-18-34(36)35-19-8-10-21-37(35)43-29-45-41-24-13-23-40-39-22-11-12-25-46(39)55(48(40)41)47(45)30-44(38)43/h1-30H. The fraction of sp³-hybridized carbons (Fsp3) is 0. The Kier molecular flexibility index (Phi) is 6.31. The van der Waals surface area contributed by atoms with Crippen LogP contribution in [0, 0.1) is 0 Å². The van der Waals surface area contributed by atoms with Crippen molar-refractivity contribution in [3.63, 3.8) is 0 Å². The average Bonchev–Trinajstić information content (AvgIpc) is 3.78. The monoisotopic (exact) mass is 698 g/mol. The summed E-state index contributed by atoms with van der Waals surface area (Å²) in [6.45, 7) is 0. The van der Waals surface area contributed by atoms with Gasteiger partial charge in [-0.2, -0.15) is 0 Å². The molecule has 3 heterocycles. The molecular weight excluding hydrogens is 669 g/mol. The van der Waals surface area contributed by atoms with Crippen molar-refractivity contribution in [2.75, 3.05) is 0 Å². The van der Waals surface area contributed by atoms with Crippen molar-refractivity contribution in [1.82, 2.24) is 19.4 Å². The quantitative estimate of drug-likeness (QED) is 0.184. The normalized spacial score (nSPS) is 12.0. The first-order chi connectivity index (χ1) is 27.3. The number of nitrogens with zero attached hydrogens (tertiary/aromatic N) is 4. The summed E-state index contributed by atoms with van der Waals surface area (Å²) in [4.78, 5) is 15.2. The first kappa shape index (κ1) is 30.1. The molecule has 0 N–H and O–H groups in total. The van der Waals surface area contributed by atoms with Crippen molar-refractivity contribution in [1.29, 1.82) is 0 Å². The Bertz CT molecular complexity index is 3250. The van der Waals surface area contributed by atoms with Gasteiger partial charge in [0.05, 0.1) is 16.6 Å². The second-order valence-corrected chi connectivity index (χ2v) is 14.4. The predicted octanol–water partition coefficient (Wildman–Crippen LogP) is 13.0. The summed E-state index contributed by atoms with van der Waals surface area (Å²) in [5, 5.41) is 5.11. The maximum atomic E-state index is 5.12.